The van der Waals surface area contributed by atoms with Crippen molar-refractivity contribution in [2.45, 2.75) is 32.3 Å². The lowest BCUT2D eigenvalue weighted by Crippen LogP contribution is -2.04. The summed E-state index contributed by atoms with van der Waals surface area (Å²) in [6.07, 6.45) is 2.07. The molecule has 1 unspecified atom stereocenters. The molecule has 20 heavy (non-hydrogen) atoms. The van der Waals surface area contributed by atoms with Crippen LogP contribution in [0.1, 0.15) is 34.6 Å². The number of aliphatic hydroxyl groups excluding tert-OH is 1. The standard InChI is InChI=1S/C16H17BrO2S/c1-2-10-4-6-20-16(10)14(18)9-12-8-13(17)7-11-3-5-19-15(11)12/h4,6-8,14,18H,2-3,5,9H2,1H3. The highest BCUT2D eigenvalue weighted by molar-refractivity contribution is 9.10. The SMILES string of the molecule is CCc1ccsc1C(O)Cc1cc(Br)cc2c1OCC2. The highest BCUT2D eigenvalue weighted by atomic mass is 79.9. The van der Waals surface area contributed by atoms with Crippen molar-refractivity contribution in [3.05, 3.63) is 49.6 Å². The van der Waals surface area contributed by atoms with Crippen LogP contribution in [0, 0.1) is 0 Å². The summed E-state index contributed by atoms with van der Waals surface area (Å²) in [5.41, 5.74) is 3.58. The van der Waals surface area contributed by atoms with E-state index in [-0.39, 0.29) is 0 Å². The Morgan fingerprint density at radius 3 is 3.05 bits per heavy atom. The third-order valence-electron chi connectivity index (χ3n) is 3.70. The van der Waals surface area contributed by atoms with Gasteiger partial charge in [-0.05, 0) is 46.7 Å². The van der Waals surface area contributed by atoms with Gasteiger partial charge in [-0.25, -0.2) is 0 Å². The number of thiophene rings is 1. The van der Waals surface area contributed by atoms with Gasteiger partial charge in [0.25, 0.3) is 0 Å². The molecule has 106 valence electrons. The van der Waals surface area contributed by atoms with Gasteiger partial charge >= 0.3 is 0 Å². The first-order valence-electron chi connectivity index (χ1n) is 6.87. The smallest absolute Gasteiger partial charge is 0.125 e. The number of rotatable bonds is 4. The maximum atomic E-state index is 10.5. The van der Waals surface area contributed by atoms with Gasteiger partial charge < -0.3 is 9.84 Å². The number of ether oxygens (including phenoxy) is 1. The van der Waals surface area contributed by atoms with Crippen LogP contribution in [0.2, 0.25) is 0 Å². The van der Waals surface area contributed by atoms with Gasteiger partial charge in [0.1, 0.15) is 5.75 Å². The van der Waals surface area contributed by atoms with Gasteiger partial charge in [0.2, 0.25) is 0 Å². The maximum absolute atomic E-state index is 10.5. The van der Waals surface area contributed by atoms with E-state index >= 15 is 0 Å². The Bertz CT molecular complexity index is 621. The second kappa shape index (κ2) is 5.88. The van der Waals surface area contributed by atoms with Crippen molar-refractivity contribution in [2.75, 3.05) is 6.61 Å². The van der Waals surface area contributed by atoms with Crippen LogP contribution in [0.4, 0.5) is 0 Å². The second-order valence-electron chi connectivity index (χ2n) is 5.04. The van der Waals surface area contributed by atoms with Gasteiger partial charge in [0.15, 0.2) is 0 Å². The van der Waals surface area contributed by atoms with Gasteiger partial charge in [0.05, 0.1) is 12.7 Å². The summed E-state index contributed by atoms with van der Waals surface area (Å²) >= 11 is 5.18. The number of halogens is 1. The topological polar surface area (TPSA) is 29.5 Å². The molecule has 1 aromatic carbocycles. The lowest BCUT2D eigenvalue weighted by Gasteiger charge is -2.14. The fourth-order valence-electron chi connectivity index (χ4n) is 2.73. The summed E-state index contributed by atoms with van der Waals surface area (Å²) < 4.78 is 6.79. The van der Waals surface area contributed by atoms with Gasteiger partial charge in [-0.15, -0.1) is 11.3 Å². The van der Waals surface area contributed by atoms with Crippen molar-refractivity contribution < 1.29 is 9.84 Å². The van der Waals surface area contributed by atoms with Crippen molar-refractivity contribution >= 4 is 27.3 Å². The largest absolute Gasteiger partial charge is 0.493 e. The van der Waals surface area contributed by atoms with Gasteiger partial charge in [0, 0.05) is 22.2 Å². The number of aryl methyl sites for hydroxylation is 1. The highest BCUT2D eigenvalue weighted by Gasteiger charge is 2.21. The van der Waals surface area contributed by atoms with E-state index in [4.69, 9.17) is 4.74 Å². The quantitative estimate of drug-likeness (QED) is 0.889. The maximum Gasteiger partial charge on any atom is 0.125 e. The third kappa shape index (κ3) is 2.65. The zero-order valence-electron chi connectivity index (χ0n) is 11.4. The van der Waals surface area contributed by atoms with Crippen molar-refractivity contribution in [3.63, 3.8) is 0 Å². The van der Waals surface area contributed by atoms with Crippen molar-refractivity contribution in [1.82, 2.24) is 0 Å². The summed E-state index contributed by atoms with van der Waals surface area (Å²) in [5.74, 6) is 0.974. The van der Waals surface area contributed by atoms with Crippen LogP contribution in [0.15, 0.2) is 28.1 Å². The van der Waals surface area contributed by atoms with E-state index in [1.165, 1.54) is 11.1 Å². The van der Waals surface area contributed by atoms with Crippen LogP contribution in [-0.4, -0.2) is 11.7 Å². The molecule has 2 nitrogen and oxygen atoms in total. The van der Waals surface area contributed by atoms with Gasteiger partial charge in [-0.3, -0.25) is 0 Å². The Balaban J connectivity index is 1.88. The van der Waals surface area contributed by atoms with Crippen LogP contribution < -0.4 is 4.74 Å². The Hall–Kier alpha value is -0.840. The number of hydrogen-bond acceptors (Lipinski definition) is 3. The first kappa shape index (κ1) is 14.1. The zero-order chi connectivity index (χ0) is 14.1. The molecule has 1 aliphatic heterocycles. The minimum absolute atomic E-state index is 0.451. The number of benzene rings is 1. The molecule has 0 radical (unpaired) electrons. The van der Waals surface area contributed by atoms with Crippen LogP contribution >= 0.6 is 27.3 Å². The van der Waals surface area contributed by atoms with E-state index in [1.807, 2.05) is 0 Å². The molecule has 1 N–H and O–H groups in total. The molecule has 0 amide bonds. The number of aliphatic hydroxyl groups is 1. The van der Waals surface area contributed by atoms with E-state index < -0.39 is 6.10 Å². The first-order valence-corrected chi connectivity index (χ1v) is 8.54. The minimum atomic E-state index is -0.451. The third-order valence-corrected chi connectivity index (χ3v) is 5.22. The van der Waals surface area contributed by atoms with Crippen LogP contribution in [0.25, 0.3) is 0 Å². The highest BCUT2D eigenvalue weighted by Crippen LogP contribution is 2.36. The Kier molecular flexibility index (Phi) is 4.15. The lowest BCUT2D eigenvalue weighted by atomic mass is 10.0. The Labute approximate surface area is 131 Å². The average Bonchev–Trinajstić information content (AvgIpc) is 3.06. The molecule has 4 heteroatoms. The summed E-state index contributed by atoms with van der Waals surface area (Å²) in [6, 6.07) is 6.28. The molecule has 0 spiro atoms. The second-order valence-corrected chi connectivity index (χ2v) is 6.90. The van der Waals surface area contributed by atoms with Crippen molar-refractivity contribution in [3.8, 4) is 5.75 Å². The van der Waals surface area contributed by atoms with Gasteiger partial charge in [-0.1, -0.05) is 22.9 Å². The minimum Gasteiger partial charge on any atom is -0.493 e. The van der Waals surface area contributed by atoms with Crippen LogP contribution in [-0.2, 0) is 19.3 Å². The first-order chi connectivity index (χ1) is 9.69. The molecule has 1 atom stereocenters. The lowest BCUT2D eigenvalue weighted by molar-refractivity contribution is 0.180. The summed E-state index contributed by atoms with van der Waals surface area (Å²) in [4.78, 5) is 1.08. The van der Waals surface area contributed by atoms with E-state index in [2.05, 4.69) is 46.4 Å². The van der Waals surface area contributed by atoms with E-state index in [0.717, 1.165) is 40.1 Å². The predicted molar refractivity (Wildman–Crippen MR) is 85.7 cm³/mol. The molecule has 0 aliphatic carbocycles. The van der Waals surface area contributed by atoms with Crippen LogP contribution in [0.3, 0.4) is 0 Å². The molecule has 3 rings (SSSR count). The normalized spacial score (nSPS) is 14.9. The van der Waals surface area contributed by atoms with E-state index in [0.29, 0.717) is 6.42 Å². The average molecular weight is 353 g/mol. The molecular formula is C16H17BrO2S. The Morgan fingerprint density at radius 1 is 1.40 bits per heavy atom. The van der Waals surface area contributed by atoms with Crippen LogP contribution in [0.5, 0.6) is 5.75 Å². The molecule has 0 saturated carbocycles. The zero-order valence-corrected chi connectivity index (χ0v) is 13.8. The van der Waals surface area contributed by atoms with Crippen molar-refractivity contribution in [1.29, 1.82) is 0 Å². The molecule has 1 aliphatic rings. The van der Waals surface area contributed by atoms with E-state index in [9.17, 15) is 5.11 Å². The summed E-state index contributed by atoms with van der Waals surface area (Å²) in [7, 11) is 0. The monoisotopic (exact) mass is 352 g/mol. The Morgan fingerprint density at radius 2 is 2.25 bits per heavy atom. The number of fused-ring (bicyclic) bond motifs is 1. The van der Waals surface area contributed by atoms with Crippen molar-refractivity contribution in [2.24, 2.45) is 0 Å². The molecule has 1 aromatic heterocycles. The molecule has 2 aromatic rings. The fraction of sp³-hybridized carbons (Fsp3) is 0.375. The molecule has 2 heterocycles. The molecule has 0 bridgehead atoms. The van der Waals surface area contributed by atoms with Gasteiger partial charge in [-0.2, -0.15) is 0 Å². The summed E-state index contributed by atoms with van der Waals surface area (Å²) in [6.45, 7) is 2.87. The molecular weight excluding hydrogens is 336 g/mol. The van der Waals surface area contributed by atoms with E-state index in [1.54, 1.807) is 11.3 Å². The molecule has 0 fully saturated rings. The molecule has 0 saturated heterocycles. The predicted octanol–water partition coefficient (Wildman–Crippen LogP) is 4.28. The summed E-state index contributed by atoms with van der Waals surface area (Å²) in [5, 5.41) is 12.6. The number of hydrogen-bond donors (Lipinski definition) is 1. The fourth-order valence-corrected chi connectivity index (χ4v) is 4.27.